The standard InChI is InChI=1S/C16H14ClF3N2O3/c17-13-3-1-2-4-14(13)24-9-15(23)22-7-11-5-6-12(8-21-11)25-10-16(18,19)20/h1-6,8H,7,9-10H2,(H,22,23). The molecule has 0 bridgehead atoms. The van der Waals surface area contributed by atoms with Gasteiger partial charge in [-0.15, -0.1) is 0 Å². The summed E-state index contributed by atoms with van der Waals surface area (Å²) in [6.07, 6.45) is -3.25. The first kappa shape index (κ1) is 18.9. The summed E-state index contributed by atoms with van der Waals surface area (Å²) in [5.74, 6) is -0.00261. The number of carbonyl (C=O) groups excluding carboxylic acids is 1. The molecule has 0 aliphatic rings. The average molecular weight is 375 g/mol. The Morgan fingerprint density at radius 2 is 1.92 bits per heavy atom. The van der Waals surface area contributed by atoms with Gasteiger partial charge in [-0.3, -0.25) is 9.78 Å². The molecule has 1 N–H and O–H groups in total. The minimum atomic E-state index is -4.41. The minimum absolute atomic E-state index is 0.00513. The largest absolute Gasteiger partial charge is 0.483 e. The number of hydrogen-bond donors (Lipinski definition) is 1. The molecule has 9 heteroatoms. The van der Waals surface area contributed by atoms with Gasteiger partial charge in [-0.05, 0) is 24.3 Å². The third-order valence-corrected chi connectivity index (χ3v) is 3.17. The minimum Gasteiger partial charge on any atom is -0.483 e. The number of pyridine rings is 1. The van der Waals surface area contributed by atoms with E-state index in [1.807, 2.05) is 0 Å². The van der Waals surface area contributed by atoms with Crippen molar-refractivity contribution in [2.75, 3.05) is 13.2 Å². The molecule has 0 saturated carbocycles. The van der Waals surface area contributed by atoms with Gasteiger partial charge < -0.3 is 14.8 Å². The number of benzene rings is 1. The summed E-state index contributed by atoms with van der Waals surface area (Å²) in [5.41, 5.74) is 0.463. The number of nitrogens with zero attached hydrogens (tertiary/aromatic N) is 1. The number of alkyl halides is 3. The van der Waals surface area contributed by atoms with Crippen molar-refractivity contribution < 1.29 is 27.4 Å². The summed E-state index contributed by atoms with van der Waals surface area (Å²) in [7, 11) is 0. The van der Waals surface area contributed by atoms with Crippen LogP contribution in [0.3, 0.4) is 0 Å². The summed E-state index contributed by atoms with van der Waals surface area (Å²) >= 11 is 5.90. The molecule has 0 atom stereocenters. The third kappa shape index (κ3) is 6.88. The van der Waals surface area contributed by atoms with Gasteiger partial charge in [0.05, 0.1) is 23.5 Å². The molecule has 1 heterocycles. The Labute approximate surface area is 146 Å². The van der Waals surface area contributed by atoms with Crippen LogP contribution in [0.2, 0.25) is 5.02 Å². The monoisotopic (exact) mass is 374 g/mol. The Bertz CT molecular complexity index is 709. The van der Waals surface area contributed by atoms with E-state index in [4.69, 9.17) is 16.3 Å². The maximum atomic E-state index is 12.0. The zero-order chi connectivity index (χ0) is 18.3. The molecule has 5 nitrogen and oxygen atoms in total. The van der Waals surface area contributed by atoms with E-state index < -0.39 is 12.8 Å². The molecule has 0 spiro atoms. The summed E-state index contributed by atoms with van der Waals surface area (Å²) < 4.78 is 45.9. The van der Waals surface area contributed by atoms with Crippen molar-refractivity contribution in [1.29, 1.82) is 0 Å². The second kappa shape index (κ2) is 8.57. The Kier molecular flexibility index (Phi) is 6.46. The van der Waals surface area contributed by atoms with Crippen molar-refractivity contribution >= 4 is 17.5 Å². The van der Waals surface area contributed by atoms with E-state index in [2.05, 4.69) is 15.0 Å². The van der Waals surface area contributed by atoms with Crippen LogP contribution >= 0.6 is 11.6 Å². The Hall–Kier alpha value is -2.48. The SMILES string of the molecule is O=C(COc1ccccc1Cl)NCc1ccc(OCC(F)(F)F)cn1. The molecule has 0 radical (unpaired) electrons. The summed E-state index contributed by atoms with van der Waals surface area (Å²) in [4.78, 5) is 15.6. The number of aromatic nitrogens is 1. The van der Waals surface area contributed by atoms with Crippen LogP contribution in [0.25, 0.3) is 0 Å². The number of ether oxygens (including phenoxy) is 2. The van der Waals surface area contributed by atoms with Crippen LogP contribution in [0.1, 0.15) is 5.69 Å². The molecule has 0 fully saturated rings. The van der Waals surface area contributed by atoms with Gasteiger partial charge in [0.15, 0.2) is 13.2 Å². The number of para-hydroxylation sites is 1. The maximum absolute atomic E-state index is 12.0. The van der Waals surface area contributed by atoms with Crippen molar-refractivity contribution in [3.63, 3.8) is 0 Å². The second-order valence-corrected chi connectivity index (χ2v) is 5.29. The summed E-state index contributed by atoms with van der Waals surface area (Å²) in [5, 5.41) is 2.97. The average Bonchev–Trinajstić information content (AvgIpc) is 2.57. The highest BCUT2D eigenvalue weighted by Crippen LogP contribution is 2.22. The van der Waals surface area contributed by atoms with Gasteiger partial charge in [-0.25, -0.2) is 0 Å². The number of carbonyl (C=O) groups is 1. The molecular formula is C16H14ClF3N2O3. The van der Waals surface area contributed by atoms with Gasteiger partial charge in [-0.1, -0.05) is 23.7 Å². The fourth-order valence-electron chi connectivity index (χ4n) is 1.71. The lowest BCUT2D eigenvalue weighted by atomic mass is 10.3. The molecule has 0 saturated heterocycles. The highest BCUT2D eigenvalue weighted by molar-refractivity contribution is 6.32. The van der Waals surface area contributed by atoms with E-state index in [0.29, 0.717) is 16.5 Å². The molecule has 2 aromatic rings. The summed E-state index contributed by atoms with van der Waals surface area (Å²) in [6.45, 7) is -1.51. The van der Waals surface area contributed by atoms with E-state index in [-0.39, 0.29) is 24.8 Å². The Morgan fingerprint density at radius 1 is 1.16 bits per heavy atom. The lowest BCUT2D eigenvalue weighted by Crippen LogP contribution is -2.28. The molecule has 1 aromatic carbocycles. The van der Waals surface area contributed by atoms with Crippen molar-refractivity contribution in [2.45, 2.75) is 12.7 Å². The van der Waals surface area contributed by atoms with Crippen LogP contribution < -0.4 is 14.8 Å². The van der Waals surface area contributed by atoms with Crippen LogP contribution in [0.4, 0.5) is 13.2 Å². The van der Waals surface area contributed by atoms with Gasteiger partial charge in [0.2, 0.25) is 0 Å². The van der Waals surface area contributed by atoms with Crippen LogP contribution in [0, 0.1) is 0 Å². The third-order valence-electron chi connectivity index (χ3n) is 2.86. The predicted molar refractivity (Wildman–Crippen MR) is 84.6 cm³/mol. The normalized spacial score (nSPS) is 11.0. The molecule has 134 valence electrons. The van der Waals surface area contributed by atoms with Crippen LogP contribution in [0.5, 0.6) is 11.5 Å². The molecule has 0 aliphatic carbocycles. The van der Waals surface area contributed by atoms with E-state index in [9.17, 15) is 18.0 Å². The highest BCUT2D eigenvalue weighted by atomic mass is 35.5. The fraction of sp³-hybridized carbons (Fsp3) is 0.250. The number of amides is 1. The Morgan fingerprint density at radius 3 is 2.56 bits per heavy atom. The molecule has 0 aliphatic heterocycles. The van der Waals surface area contributed by atoms with Gasteiger partial charge >= 0.3 is 6.18 Å². The van der Waals surface area contributed by atoms with Crippen LogP contribution in [-0.2, 0) is 11.3 Å². The van der Waals surface area contributed by atoms with E-state index >= 15 is 0 Å². The smallest absolute Gasteiger partial charge is 0.422 e. The van der Waals surface area contributed by atoms with Crippen molar-refractivity contribution in [3.05, 3.63) is 53.3 Å². The lowest BCUT2D eigenvalue weighted by Gasteiger charge is -2.10. The first-order valence-electron chi connectivity index (χ1n) is 7.12. The van der Waals surface area contributed by atoms with Gasteiger partial charge in [0.25, 0.3) is 5.91 Å². The number of rotatable bonds is 7. The molecular weight excluding hydrogens is 361 g/mol. The lowest BCUT2D eigenvalue weighted by molar-refractivity contribution is -0.153. The molecule has 0 unspecified atom stereocenters. The maximum Gasteiger partial charge on any atom is 0.422 e. The van der Waals surface area contributed by atoms with Crippen molar-refractivity contribution in [3.8, 4) is 11.5 Å². The zero-order valence-corrected chi connectivity index (χ0v) is 13.6. The van der Waals surface area contributed by atoms with Crippen molar-refractivity contribution in [2.24, 2.45) is 0 Å². The Balaban J connectivity index is 1.75. The molecule has 25 heavy (non-hydrogen) atoms. The molecule has 2 rings (SSSR count). The van der Waals surface area contributed by atoms with Gasteiger partial charge in [0.1, 0.15) is 11.5 Å². The first-order valence-corrected chi connectivity index (χ1v) is 7.50. The predicted octanol–water partition coefficient (Wildman–Crippen LogP) is 3.37. The van der Waals surface area contributed by atoms with Crippen molar-refractivity contribution in [1.82, 2.24) is 10.3 Å². The molecule has 1 amide bonds. The quantitative estimate of drug-likeness (QED) is 0.807. The van der Waals surface area contributed by atoms with Gasteiger partial charge in [0, 0.05) is 0 Å². The topological polar surface area (TPSA) is 60.5 Å². The second-order valence-electron chi connectivity index (χ2n) is 4.88. The van der Waals surface area contributed by atoms with Gasteiger partial charge in [-0.2, -0.15) is 13.2 Å². The summed E-state index contributed by atoms with van der Waals surface area (Å²) in [6, 6.07) is 9.55. The van der Waals surface area contributed by atoms with Crippen LogP contribution in [-0.4, -0.2) is 30.3 Å². The number of halogens is 4. The van der Waals surface area contributed by atoms with Crippen LogP contribution in [0.15, 0.2) is 42.6 Å². The zero-order valence-electron chi connectivity index (χ0n) is 12.8. The number of nitrogens with one attached hydrogen (secondary N) is 1. The van der Waals surface area contributed by atoms with E-state index in [1.54, 1.807) is 24.3 Å². The number of hydrogen-bond acceptors (Lipinski definition) is 4. The fourth-order valence-corrected chi connectivity index (χ4v) is 1.90. The molecule has 1 aromatic heterocycles. The highest BCUT2D eigenvalue weighted by Gasteiger charge is 2.28. The first-order chi connectivity index (χ1) is 11.8. The van der Waals surface area contributed by atoms with E-state index in [0.717, 1.165) is 6.20 Å². The van der Waals surface area contributed by atoms with E-state index in [1.165, 1.54) is 12.1 Å².